The molecule has 4 heterocycles. The Morgan fingerprint density at radius 3 is 1.42 bits per heavy atom. The molecule has 10 aromatic rings. The summed E-state index contributed by atoms with van der Waals surface area (Å²) in [6.07, 6.45) is 9.00. The number of nitrogens with zero attached hydrogens (tertiary/aromatic N) is 10. The van der Waals surface area contributed by atoms with Crippen LogP contribution in [0, 0.1) is 23.3 Å². The van der Waals surface area contributed by atoms with Gasteiger partial charge < -0.3 is 5.11 Å². The van der Waals surface area contributed by atoms with E-state index < -0.39 is 54.1 Å². The van der Waals surface area contributed by atoms with Crippen LogP contribution in [0.15, 0.2) is 195 Å². The van der Waals surface area contributed by atoms with E-state index >= 15 is 4.39 Å². The molecule has 6 aromatic carbocycles. The molecule has 0 aliphatic rings. The Hall–Kier alpha value is -8.19. The predicted octanol–water partition coefficient (Wildman–Crippen LogP) is 11.9. The lowest BCUT2D eigenvalue weighted by Crippen LogP contribution is -2.40. The standard InChI is InChI=1S/C36H34F2N5O4P.C22H21F2N5O/c1-27(30-13-15-31(16-14-30)35-19-20-40-42(35)2)36(24-43-26-39-25-41-43,33-18-17-32(37)21-34(33)38)47-48(44,45-22-28-9-5-3-6-10-28)46-23-29-11-7-4-8-12-29;1-15(16-3-5-17(6-4-16)21-9-10-26-28(21)2)22(30,12-29-14-25-13-27-29)19-8-7-18(23)11-20(19)24/h3-21,25-27H,22-24H2,1-2H3;3-11,13-15,30H,12H2,1-2H3/t27-,36+;15-,22+/m00/s1. The van der Waals surface area contributed by atoms with E-state index in [0.717, 1.165) is 63.5 Å². The monoisotopic (exact) mass is 1080 g/mol. The first-order chi connectivity index (χ1) is 37.6. The fraction of sp³-hybridized carbons (Fsp3) is 0.207. The number of phosphoric ester groups is 1. The summed E-state index contributed by atoms with van der Waals surface area (Å²) in [6, 6.07) is 43.7. The molecule has 400 valence electrons. The van der Waals surface area contributed by atoms with E-state index in [0.29, 0.717) is 5.56 Å². The van der Waals surface area contributed by atoms with Gasteiger partial charge in [0, 0.05) is 61.6 Å². The first kappa shape index (κ1) is 54.6. The van der Waals surface area contributed by atoms with Crippen LogP contribution < -0.4 is 0 Å². The fourth-order valence-corrected chi connectivity index (χ4v) is 10.9. The Kier molecular flexibility index (Phi) is 16.8. The summed E-state index contributed by atoms with van der Waals surface area (Å²) in [4.78, 5) is 7.96. The summed E-state index contributed by atoms with van der Waals surface area (Å²) < 4.78 is 98.7. The molecule has 78 heavy (non-hydrogen) atoms. The fourth-order valence-electron chi connectivity index (χ4n) is 9.35. The Labute approximate surface area is 448 Å². The summed E-state index contributed by atoms with van der Waals surface area (Å²) in [5, 5.41) is 28.4. The van der Waals surface area contributed by atoms with Crippen LogP contribution in [-0.4, -0.2) is 54.2 Å². The van der Waals surface area contributed by atoms with Crippen molar-refractivity contribution in [2.24, 2.45) is 14.1 Å². The summed E-state index contributed by atoms with van der Waals surface area (Å²) in [6.45, 7) is 3.17. The number of aryl methyl sites for hydroxylation is 2. The SMILES string of the molecule is C[C@@H](c1ccc(-c2ccnn2C)cc1)[C@@](Cn1cncn1)(OP(=O)(OCc1ccccc1)OCc1ccccc1)c1ccc(F)cc1F.C[C@@H](c1ccc(-c2ccnn2C)cc1)[C@](O)(Cn1cncn1)c1ccc(F)cc1F. The van der Waals surface area contributed by atoms with Gasteiger partial charge in [-0.1, -0.05) is 135 Å². The molecule has 1 N–H and O–H groups in total. The van der Waals surface area contributed by atoms with Crippen LogP contribution in [0.2, 0.25) is 0 Å². The van der Waals surface area contributed by atoms with E-state index in [4.69, 9.17) is 13.6 Å². The smallest absolute Gasteiger partial charge is 0.382 e. The second kappa shape index (κ2) is 24.0. The van der Waals surface area contributed by atoms with Crippen LogP contribution in [0.3, 0.4) is 0 Å². The zero-order chi connectivity index (χ0) is 54.9. The predicted molar refractivity (Wildman–Crippen MR) is 284 cm³/mol. The third kappa shape index (κ3) is 12.5. The molecule has 0 bridgehead atoms. The van der Waals surface area contributed by atoms with E-state index in [9.17, 15) is 22.8 Å². The van der Waals surface area contributed by atoms with Gasteiger partial charge in [0.15, 0.2) is 0 Å². The molecule has 0 aliphatic heterocycles. The third-order valence-corrected chi connectivity index (χ3v) is 15.2. The van der Waals surface area contributed by atoms with Gasteiger partial charge in [-0.05, 0) is 57.6 Å². The molecule has 20 heteroatoms. The number of hydrogen-bond donors (Lipinski definition) is 1. The number of phosphoric acid groups is 1. The van der Waals surface area contributed by atoms with Crippen molar-refractivity contribution in [1.82, 2.24) is 49.1 Å². The Morgan fingerprint density at radius 2 is 1.00 bits per heavy atom. The van der Waals surface area contributed by atoms with Crippen LogP contribution in [0.4, 0.5) is 17.6 Å². The van der Waals surface area contributed by atoms with Gasteiger partial charge in [0.25, 0.3) is 0 Å². The topological polar surface area (TPSA) is 162 Å². The zero-order valence-electron chi connectivity index (χ0n) is 43.0. The highest BCUT2D eigenvalue weighted by Crippen LogP contribution is 2.60. The van der Waals surface area contributed by atoms with Gasteiger partial charge in [-0.2, -0.15) is 20.4 Å². The van der Waals surface area contributed by atoms with E-state index in [1.807, 2.05) is 142 Å². The molecule has 0 spiro atoms. The van der Waals surface area contributed by atoms with Gasteiger partial charge in [0.2, 0.25) is 0 Å². The minimum absolute atomic E-state index is 0.00242. The highest BCUT2D eigenvalue weighted by Gasteiger charge is 2.50. The maximum absolute atomic E-state index is 16.1. The Balaban J connectivity index is 0.000000211. The molecular formula is C58H55F4N10O5P. The molecule has 0 radical (unpaired) electrons. The number of hydrogen-bond acceptors (Lipinski definition) is 11. The lowest BCUT2D eigenvalue weighted by molar-refractivity contribution is -0.0313. The minimum atomic E-state index is -4.55. The van der Waals surface area contributed by atoms with Crippen LogP contribution >= 0.6 is 7.82 Å². The highest BCUT2D eigenvalue weighted by atomic mass is 31.2. The van der Waals surface area contributed by atoms with Crippen molar-refractivity contribution in [3.05, 3.63) is 252 Å². The van der Waals surface area contributed by atoms with Crippen molar-refractivity contribution in [3.8, 4) is 22.5 Å². The first-order valence-electron chi connectivity index (χ1n) is 24.8. The summed E-state index contributed by atoms with van der Waals surface area (Å²) in [5.74, 6) is -4.43. The van der Waals surface area contributed by atoms with Crippen molar-refractivity contribution in [2.75, 3.05) is 0 Å². The largest absolute Gasteiger partial charge is 0.476 e. The number of rotatable bonds is 20. The molecular weight excluding hydrogens is 1020 g/mol. The molecule has 4 aromatic heterocycles. The number of halogens is 4. The zero-order valence-corrected chi connectivity index (χ0v) is 43.9. The highest BCUT2D eigenvalue weighted by molar-refractivity contribution is 7.48. The van der Waals surface area contributed by atoms with Crippen molar-refractivity contribution in [1.29, 1.82) is 0 Å². The molecule has 0 unspecified atom stereocenters. The average Bonchev–Trinajstić information content (AvgIpc) is 4.43. The Morgan fingerprint density at radius 1 is 0.551 bits per heavy atom. The van der Waals surface area contributed by atoms with Crippen molar-refractivity contribution in [3.63, 3.8) is 0 Å². The van der Waals surface area contributed by atoms with Crippen LogP contribution in [0.1, 0.15) is 59.1 Å². The van der Waals surface area contributed by atoms with Gasteiger partial charge in [-0.25, -0.2) is 41.5 Å². The molecule has 0 saturated heterocycles. The molecule has 0 aliphatic carbocycles. The summed E-state index contributed by atoms with van der Waals surface area (Å²) >= 11 is 0. The lowest BCUT2D eigenvalue weighted by Gasteiger charge is -2.41. The molecule has 4 atom stereocenters. The normalized spacial score (nSPS) is 14.0. The number of aliphatic hydroxyl groups is 1. The molecule has 15 nitrogen and oxygen atoms in total. The quantitative estimate of drug-likeness (QED) is 0.0571. The van der Waals surface area contributed by atoms with E-state index in [1.54, 1.807) is 28.7 Å². The lowest BCUT2D eigenvalue weighted by atomic mass is 9.77. The van der Waals surface area contributed by atoms with Crippen LogP contribution in [-0.2, 0) is 69.7 Å². The number of aromatic nitrogens is 10. The van der Waals surface area contributed by atoms with Crippen molar-refractivity contribution < 1.29 is 40.8 Å². The van der Waals surface area contributed by atoms with Gasteiger partial charge >= 0.3 is 7.82 Å². The van der Waals surface area contributed by atoms with Gasteiger partial charge in [-0.3, -0.25) is 22.9 Å². The first-order valence-corrected chi connectivity index (χ1v) is 26.2. The van der Waals surface area contributed by atoms with E-state index in [-0.39, 0.29) is 37.4 Å². The van der Waals surface area contributed by atoms with Gasteiger partial charge in [0.1, 0.15) is 59.8 Å². The Bertz CT molecular complexity index is 3530. The third-order valence-electron chi connectivity index (χ3n) is 13.7. The summed E-state index contributed by atoms with van der Waals surface area (Å²) in [7, 11) is -0.840. The van der Waals surface area contributed by atoms with E-state index in [1.165, 1.54) is 46.8 Å². The molecule has 0 saturated carbocycles. The molecule has 0 fully saturated rings. The molecule has 0 amide bonds. The van der Waals surface area contributed by atoms with Gasteiger partial charge in [-0.15, -0.1) is 0 Å². The average molecular weight is 1080 g/mol. The van der Waals surface area contributed by atoms with E-state index in [2.05, 4.69) is 30.4 Å². The number of benzene rings is 6. The second-order valence-corrected chi connectivity index (χ2v) is 20.3. The maximum atomic E-state index is 16.1. The second-order valence-electron chi connectivity index (χ2n) is 18.7. The van der Waals surface area contributed by atoms with Crippen molar-refractivity contribution >= 4 is 7.82 Å². The molecule has 10 rings (SSSR count). The van der Waals surface area contributed by atoms with Crippen molar-refractivity contribution in [2.45, 2.75) is 63.2 Å². The summed E-state index contributed by atoms with van der Waals surface area (Å²) in [5.41, 5.74) is 3.13. The van der Waals surface area contributed by atoms with Crippen LogP contribution in [0.5, 0.6) is 0 Å². The maximum Gasteiger partial charge on any atom is 0.476 e. The minimum Gasteiger partial charge on any atom is -0.382 e. The van der Waals surface area contributed by atoms with Crippen LogP contribution in [0.25, 0.3) is 22.5 Å². The van der Waals surface area contributed by atoms with Gasteiger partial charge in [0.05, 0.1) is 37.7 Å².